The van der Waals surface area contributed by atoms with Crippen LogP contribution >= 0.6 is 36.2 Å². The number of methoxy groups -OCH3 is 1. The summed E-state index contributed by atoms with van der Waals surface area (Å²) in [4.78, 5) is 3.03. The Balaban J connectivity index is 0.00000169. The van der Waals surface area contributed by atoms with Crippen molar-refractivity contribution in [1.29, 1.82) is 0 Å². The zero-order valence-electron chi connectivity index (χ0n) is 14.1. The van der Waals surface area contributed by atoms with Crippen molar-refractivity contribution in [3.8, 4) is 5.75 Å². The molecule has 146 valence electrons. The van der Waals surface area contributed by atoms with E-state index in [1.165, 1.54) is 18.4 Å². The Morgan fingerprint density at radius 3 is 2.38 bits per heavy atom. The lowest BCUT2D eigenvalue weighted by Crippen LogP contribution is -2.45. The van der Waals surface area contributed by atoms with Crippen LogP contribution in [-0.4, -0.2) is 38.2 Å². The molecular formula is C17H21Cl2F3N2OS. The highest BCUT2D eigenvalue weighted by atomic mass is 35.5. The first-order chi connectivity index (χ1) is 11.5. The van der Waals surface area contributed by atoms with Crippen molar-refractivity contribution in [2.24, 2.45) is 0 Å². The summed E-state index contributed by atoms with van der Waals surface area (Å²) in [6.45, 7) is 2.98. The molecule has 0 radical (unpaired) electrons. The zero-order valence-corrected chi connectivity index (χ0v) is 16.5. The van der Waals surface area contributed by atoms with Crippen LogP contribution in [0.1, 0.15) is 22.0 Å². The largest absolute Gasteiger partial charge is 0.497 e. The maximum Gasteiger partial charge on any atom is 0.416 e. The first-order valence-electron chi connectivity index (χ1n) is 7.74. The monoisotopic (exact) mass is 428 g/mol. The molecule has 9 heteroatoms. The van der Waals surface area contributed by atoms with E-state index in [0.717, 1.165) is 24.0 Å². The van der Waals surface area contributed by atoms with E-state index in [1.807, 2.05) is 17.5 Å². The molecule has 1 aromatic carbocycles. The number of benzene rings is 1. The third kappa shape index (κ3) is 5.04. The zero-order chi connectivity index (χ0) is 17.2. The van der Waals surface area contributed by atoms with E-state index in [0.29, 0.717) is 13.1 Å². The van der Waals surface area contributed by atoms with Gasteiger partial charge in [0.2, 0.25) is 0 Å². The highest BCUT2D eigenvalue weighted by Crippen LogP contribution is 2.41. The molecule has 1 saturated heterocycles. The van der Waals surface area contributed by atoms with Crippen LogP contribution in [0.2, 0.25) is 0 Å². The summed E-state index contributed by atoms with van der Waals surface area (Å²) in [6, 6.07) is 7.64. The molecule has 0 aliphatic carbocycles. The van der Waals surface area contributed by atoms with Crippen molar-refractivity contribution in [1.82, 2.24) is 10.2 Å². The number of nitrogens with zero attached hydrogens (tertiary/aromatic N) is 1. The lowest BCUT2D eigenvalue weighted by molar-refractivity contribution is -0.138. The minimum atomic E-state index is -4.42. The van der Waals surface area contributed by atoms with Crippen LogP contribution in [0.5, 0.6) is 5.75 Å². The van der Waals surface area contributed by atoms with Gasteiger partial charge in [-0.05, 0) is 29.1 Å². The molecule has 1 N–H and O–H groups in total. The van der Waals surface area contributed by atoms with Gasteiger partial charge in [-0.15, -0.1) is 36.2 Å². The van der Waals surface area contributed by atoms with E-state index in [1.54, 1.807) is 12.1 Å². The predicted molar refractivity (Wildman–Crippen MR) is 103 cm³/mol. The molecule has 1 aliphatic rings. The third-order valence-electron chi connectivity index (χ3n) is 4.19. The van der Waals surface area contributed by atoms with E-state index in [-0.39, 0.29) is 36.1 Å². The van der Waals surface area contributed by atoms with Gasteiger partial charge in [0.1, 0.15) is 5.75 Å². The second kappa shape index (κ2) is 9.80. The minimum Gasteiger partial charge on any atom is -0.497 e. The van der Waals surface area contributed by atoms with Gasteiger partial charge in [-0.1, -0.05) is 12.1 Å². The van der Waals surface area contributed by atoms with E-state index in [2.05, 4.69) is 10.2 Å². The van der Waals surface area contributed by atoms with Crippen LogP contribution in [0.15, 0.2) is 35.7 Å². The maximum atomic E-state index is 13.7. The second-order valence-electron chi connectivity index (χ2n) is 5.65. The highest BCUT2D eigenvalue weighted by Gasteiger charge is 2.38. The van der Waals surface area contributed by atoms with Gasteiger partial charge in [0.25, 0.3) is 0 Å². The fourth-order valence-electron chi connectivity index (χ4n) is 3.06. The molecular weight excluding hydrogens is 408 g/mol. The number of thiophene rings is 1. The topological polar surface area (TPSA) is 24.5 Å². The van der Waals surface area contributed by atoms with Gasteiger partial charge in [0.15, 0.2) is 0 Å². The Labute approximate surface area is 167 Å². The average molecular weight is 429 g/mol. The van der Waals surface area contributed by atoms with E-state index < -0.39 is 17.8 Å². The first kappa shape index (κ1) is 23.0. The van der Waals surface area contributed by atoms with E-state index >= 15 is 0 Å². The van der Waals surface area contributed by atoms with Gasteiger partial charge in [0.05, 0.1) is 18.7 Å². The summed E-state index contributed by atoms with van der Waals surface area (Å²) in [5, 5.41) is 5.15. The molecule has 2 aromatic rings. The SMILES string of the molecule is COc1ccc([C@H](c2cccs2)N2CCNCC2)c(C(F)(F)F)c1.Cl.Cl. The molecule has 0 amide bonds. The Kier molecular flexibility index (Phi) is 8.69. The molecule has 1 aliphatic heterocycles. The quantitative estimate of drug-likeness (QED) is 0.768. The van der Waals surface area contributed by atoms with Crippen molar-refractivity contribution in [2.75, 3.05) is 33.3 Å². The number of nitrogens with one attached hydrogen (secondary N) is 1. The van der Waals surface area contributed by atoms with Gasteiger partial charge >= 0.3 is 6.18 Å². The molecule has 1 fully saturated rings. The van der Waals surface area contributed by atoms with Crippen molar-refractivity contribution in [3.63, 3.8) is 0 Å². The molecule has 3 nitrogen and oxygen atoms in total. The normalized spacial score (nSPS) is 16.3. The number of hydrogen-bond donors (Lipinski definition) is 1. The van der Waals surface area contributed by atoms with Gasteiger partial charge < -0.3 is 10.1 Å². The lowest BCUT2D eigenvalue weighted by Gasteiger charge is -2.36. The van der Waals surface area contributed by atoms with Crippen LogP contribution in [0, 0.1) is 0 Å². The standard InChI is InChI=1S/C17H19F3N2OS.2ClH/c1-23-12-4-5-13(14(11-12)17(18,19)20)16(15-3-2-10-24-15)22-8-6-21-7-9-22;;/h2-5,10-11,16,21H,6-9H2,1H3;2*1H/t16-;;/m1../s1. The summed E-state index contributed by atoms with van der Waals surface area (Å²) in [6.07, 6.45) is -4.42. The smallest absolute Gasteiger partial charge is 0.416 e. The van der Waals surface area contributed by atoms with Crippen LogP contribution < -0.4 is 10.1 Å². The van der Waals surface area contributed by atoms with Gasteiger partial charge in [0, 0.05) is 31.1 Å². The van der Waals surface area contributed by atoms with Crippen LogP contribution in [-0.2, 0) is 6.18 Å². The van der Waals surface area contributed by atoms with Gasteiger partial charge in [-0.25, -0.2) is 0 Å². The summed E-state index contributed by atoms with van der Waals surface area (Å²) in [7, 11) is 1.38. The molecule has 1 atom stereocenters. The van der Waals surface area contributed by atoms with E-state index in [4.69, 9.17) is 4.74 Å². The van der Waals surface area contributed by atoms with Crippen molar-refractivity contribution >= 4 is 36.2 Å². The Bertz CT molecular complexity index is 677. The lowest BCUT2D eigenvalue weighted by atomic mass is 9.96. The molecule has 0 spiro atoms. The molecule has 1 aromatic heterocycles. The van der Waals surface area contributed by atoms with Crippen LogP contribution in [0.4, 0.5) is 13.2 Å². The predicted octanol–water partition coefficient (Wildman–Crippen LogP) is 4.61. The summed E-state index contributed by atoms with van der Waals surface area (Å²) < 4.78 is 46.0. The average Bonchev–Trinajstić information content (AvgIpc) is 3.09. The Morgan fingerprint density at radius 2 is 1.85 bits per heavy atom. The minimum absolute atomic E-state index is 0. The van der Waals surface area contributed by atoms with Crippen LogP contribution in [0.3, 0.4) is 0 Å². The molecule has 0 unspecified atom stereocenters. The van der Waals surface area contributed by atoms with Crippen molar-refractivity contribution in [2.45, 2.75) is 12.2 Å². The Hall–Kier alpha value is -0.990. The number of piperazine rings is 1. The number of halogens is 5. The number of alkyl halides is 3. The molecule has 0 bridgehead atoms. The molecule has 3 rings (SSSR count). The third-order valence-corrected chi connectivity index (χ3v) is 5.11. The number of ether oxygens (including phenoxy) is 1. The van der Waals surface area contributed by atoms with E-state index in [9.17, 15) is 13.2 Å². The van der Waals surface area contributed by atoms with Gasteiger partial charge in [-0.3, -0.25) is 4.90 Å². The van der Waals surface area contributed by atoms with Crippen molar-refractivity contribution in [3.05, 3.63) is 51.7 Å². The van der Waals surface area contributed by atoms with Crippen molar-refractivity contribution < 1.29 is 17.9 Å². The highest BCUT2D eigenvalue weighted by molar-refractivity contribution is 7.10. The molecule has 26 heavy (non-hydrogen) atoms. The fraction of sp³-hybridized carbons (Fsp3) is 0.412. The number of hydrogen-bond acceptors (Lipinski definition) is 4. The fourth-order valence-corrected chi connectivity index (χ4v) is 3.94. The van der Waals surface area contributed by atoms with Crippen LogP contribution in [0.25, 0.3) is 0 Å². The first-order valence-corrected chi connectivity index (χ1v) is 8.62. The summed E-state index contributed by atoms with van der Waals surface area (Å²) >= 11 is 1.49. The summed E-state index contributed by atoms with van der Waals surface area (Å²) in [5.74, 6) is 0.219. The molecule has 0 saturated carbocycles. The second-order valence-corrected chi connectivity index (χ2v) is 6.63. The Morgan fingerprint density at radius 1 is 1.15 bits per heavy atom. The molecule has 2 heterocycles. The summed E-state index contributed by atoms with van der Waals surface area (Å²) in [5.41, 5.74) is -0.341. The maximum absolute atomic E-state index is 13.7. The van der Waals surface area contributed by atoms with Gasteiger partial charge in [-0.2, -0.15) is 13.2 Å². The number of rotatable bonds is 4.